The molecule has 6 rings (SSSR count). The number of rotatable bonds is 8. The maximum Gasteiger partial charge on any atom is 0.185 e. The van der Waals surface area contributed by atoms with Crippen LogP contribution in [0.4, 0.5) is 11.5 Å². The number of anilines is 2. The Kier molecular flexibility index (Phi) is 5.83. The summed E-state index contributed by atoms with van der Waals surface area (Å²) in [6.07, 6.45) is 5.91. The summed E-state index contributed by atoms with van der Waals surface area (Å²) in [6, 6.07) is 10.2. The third-order valence-corrected chi connectivity index (χ3v) is 9.35. The topological polar surface area (TPSA) is 93.9 Å². The molecule has 190 valence electrons. The monoisotopic (exact) mass is 527 g/mol. The van der Waals surface area contributed by atoms with Gasteiger partial charge in [-0.25, -0.2) is 4.21 Å². The van der Waals surface area contributed by atoms with Crippen LogP contribution in [-0.2, 0) is 39.4 Å². The number of ether oxygens (including phenoxy) is 2. The van der Waals surface area contributed by atoms with Crippen molar-refractivity contribution < 1.29 is 22.4 Å². The first-order valence-corrected chi connectivity index (χ1v) is 14.9. The van der Waals surface area contributed by atoms with Crippen LogP contribution in [0.1, 0.15) is 36.0 Å². The molecule has 2 fully saturated rings. The summed E-state index contributed by atoms with van der Waals surface area (Å²) in [7, 11) is 0.276. The van der Waals surface area contributed by atoms with E-state index >= 15 is 0 Å². The number of nitrogens with zero attached hydrogens (tertiary/aromatic N) is 2. The van der Waals surface area contributed by atoms with Gasteiger partial charge in [-0.15, -0.1) is 0 Å². The number of hydrogen-bond acceptors (Lipinski definition) is 7. The van der Waals surface area contributed by atoms with Gasteiger partial charge in [0.05, 0.1) is 14.2 Å². The number of hydrogen-bond donors (Lipinski definition) is 1. The van der Waals surface area contributed by atoms with Gasteiger partial charge in [0, 0.05) is 58.1 Å². The molecule has 1 spiro atoms. The third kappa shape index (κ3) is 3.91. The fraction of sp³-hybridized carbons (Fsp3) is 0.423. The predicted molar refractivity (Wildman–Crippen MR) is 141 cm³/mol. The average Bonchev–Trinajstić information content (AvgIpc) is 3.49. The molecule has 1 saturated carbocycles. The standard InChI is InChI=1S/C26H29N3O5S2/c1-32-21-11-16(15-35(3)30)12-22(33-2)24(21)36(31)28-25-19-14-26(7-8-26)20-6-5-17(29-9-4-10-29)13-18(20)23(19)34-27-25/h5-6,11-13H,4,7-10,14-15H2,1-3H3,(H,27,28). The van der Waals surface area contributed by atoms with Crippen LogP contribution in [0.5, 0.6) is 11.5 Å². The Labute approximate surface area is 215 Å². The molecule has 2 atom stereocenters. The number of methoxy groups -OCH3 is 2. The zero-order valence-electron chi connectivity index (χ0n) is 20.6. The second kappa shape index (κ2) is 8.92. The minimum absolute atomic E-state index is 0.103. The van der Waals surface area contributed by atoms with Gasteiger partial charge < -0.3 is 18.9 Å². The Hall–Kier alpha value is -2.85. The Balaban J connectivity index is 1.35. The minimum atomic E-state index is -1.73. The van der Waals surface area contributed by atoms with Crippen LogP contribution in [0.2, 0.25) is 0 Å². The van der Waals surface area contributed by atoms with Crippen molar-refractivity contribution in [3.05, 3.63) is 47.0 Å². The highest BCUT2D eigenvalue weighted by molar-refractivity contribution is 7.86. The Morgan fingerprint density at radius 1 is 1.11 bits per heavy atom. The van der Waals surface area contributed by atoms with E-state index in [0.717, 1.165) is 54.8 Å². The highest BCUT2D eigenvalue weighted by Crippen LogP contribution is 2.58. The van der Waals surface area contributed by atoms with Crippen LogP contribution in [0.3, 0.4) is 0 Å². The van der Waals surface area contributed by atoms with Crippen molar-refractivity contribution in [3.63, 3.8) is 0 Å². The lowest BCUT2D eigenvalue weighted by molar-refractivity contribution is 0.374. The van der Waals surface area contributed by atoms with Gasteiger partial charge in [-0.3, -0.25) is 8.93 Å². The maximum atomic E-state index is 13.6. The lowest BCUT2D eigenvalue weighted by Gasteiger charge is -2.34. The summed E-state index contributed by atoms with van der Waals surface area (Å²) >= 11 is 0. The van der Waals surface area contributed by atoms with Crippen LogP contribution >= 0.6 is 0 Å². The van der Waals surface area contributed by atoms with E-state index in [1.165, 1.54) is 31.9 Å². The van der Waals surface area contributed by atoms with Crippen molar-refractivity contribution in [2.24, 2.45) is 0 Å². The molecular formula is C26H29N3O5S2. The van der Waals surface area contributed by atoms with Gasteiger partial charge in [0.2, 0.25) is 0 Å². The molecule has 8 nitrogen and oxygen atoms in total. The van der Waals surface area contributed by atoms with Gasteiger partial charge >= 0.3 is 0 Å². The summed E-state index contributed by atoms with van der Waals surface area (Å²) in [5.41, 5.74) is 5.48. The van der Waals surface area contributed by atoms with Crippen molar-refractivity contribution in [2.45, 2.75) is 41.7 Å². The van der Waals surface area contributed by atoms with Crippen LogP contribution < -0.4 is 19.1 Å². The Morgan fingerprint density at radius 3 is 2.42 bits per heavy atom. The molecule has 2 heterocycles. The van der Waals surface area contributed by atoms with Crippen molar-refractivity contribution in [1.82, 2.24) is 5.16 Å². The van der Waals surface area contributed by atoms with Crippen LogP contribution in [0.25, 0.3) is 11.3 Å². The largest absolute Gasteiger partial charge is 0.495 e. The Bertz CT molecular complexity index is 1370. The van der Waals surface area contributed by atoms with E-state index in [2.05, 4.69) is 33.0 Å². The maximum absolute atomic E-state index is 13.6. The van der Waals surface area contributed by atoms with Crippen LogP contribution in [0.15, 0.2) is 39.8 Å². The fourth-order valence-electron chi connectivity index (χ4n) is 5.32. The summed E-state index contributed by atoms with van der Waals surface area (Å²) in [6.45, 7) is 2.16. The highest BCUT2D eigenvalue weighted by Gasteiger charge is 2.50. The molecule has 0 bridgehead atoms. The van der Waals surface area contributed by atoms with Gasteiger partial charge in [-0.2, -0.15) is 0 Å². The fourth-order valence-corrected chi connectivity index (χ4v) is 7.05. The first-order valence-electron chi connectivity index (χ1n) is 12.0. The number of benzene rings is 2. The number of fused-ring (bicyclic) bond motifs is 4. The number of nitrogens with one attached hydrogen (secondary N) is 1. The second-order valence-corrected chi connectivity index (χ2v) is 12.4. The van der Waals surface area contributed by atoms with Crippen LogP contribution in [0, 0.1) is 0 Å². The quantitative estimate of drug-likeness (QED) is 0.470. The predicted octanol–water partition coefficient (Wildman–Crippen LogP) is 4.17. The van der Waals surface area contributed by atoms with Gasteiger partial charge in [-0.05, 0) is 61.1 Å². The molecule has 3 aromatic rings. The summed E-state index contributed by atoms with van der Waals surface area (Å²) in [5, 5.41) is 4.32. The van der Waals surface area contributed by atoms with Gasteiger partial charge in [0.1, 0.15) is 16.4 Å². The van der Waals surface area contributed by atoms with Gasteiger partial charge in [0.15, 0.2) is 22.6 Å². The van der Waals surface area contributed by atoms with E-state index in [1.807, 2.05) is 0 Å². The molecule has 36 heavy (non-hydrogen) atoms. The molecule has 10 heteroatoms. The summed E-state index contributed by atoms with van der Waals surface area (Å²) in [5.74, 6) is 2.40. The molecular weight excluding hydrogens is 498 g/mol. The zero-order chi connectivity index (χ0) is 25.0. The lowest BCUT2D eigenvalue weighted by atomic mass is 9.79. The minimum Gasteiger partial charge on any atom is -0.495 e. The lowest BCUT2D eigenvalue weighted by Crippen LogP contribution is -2.37. The van der Waals surface area contributed by atoms with E-state index in [4.69, 9.17) is 14.0 Å². The molecule has 1 N–H and O–H groups in total. The molecule has 2 aromatic carbocycles. The van der Waals surface area contributed by atoms with E-state index in [-0.39, 0.29) is 5.41 Å². The van der Waals surface area contributed by atoms with Crippen molar-refractivity contribution >= 4 is 33.3 Å². The average molecular weight is 528 g/mol. The van der Waals surface area contributed by atoms with E-state index in [0.29, 0.717) is 28.0 Å². The molecule has 1 aromatic heterocycles. The van der Waals surface area contributed by atoms with E-state index in [1.54, 1.807) is 18.4 Å². The first kappa shape index (κ1) is 23.5. The van der Waals surface area contributed by atoms with Gasteiger partial charge in [0.25, 0.3) is 0 Å². The zero-order valence-corrected chi connectivity index (χ0v) is 22.2. The van der Waals surface area contributed by atoms with Crippen molar-refractivity contribution in [2.75, 3.05) is 43.2 Å². The second-order valence-electron chi connectivity index (χ2n) is 9.78. The van der Waals surface area contributed by atoms with E-state index < -0.39 is 21.8 Å². The molecule has 1 aliphatic heterocycles. The van der Waals surface area contributed by atoms with Crippen LogP contribution in [-0.4, -0.2) is 47.1 Å². The highest BCUT2D eigenvalue weighted by atomic mass is 32.2. The smallest absolute Gasteiger partial charge is 0.185 e. The van der Waals surface area contributed by atoms with Gasteiger partial charge in [-0.1, -0.05) is 11.2 Å². The first-order chi connectivity index (χ1) is 17.4. The molecule has 0 amide bonds. The van der Waals surface area contributed by atoms with Crippen molar-refractivity contribution in [1.29, 1.82) is 0 Å². The molecule has 0 radical (unpaired) electrons. The summed E-state index contributed by atoms with van der Waals surface area (Å²) in [4.78, 5) is 2.74. The molecule has 2 unspecified atom stereocenters. The van der Waals surface area contributed by atoms with E-state index in [9.17, 15) is 8.42 Å². The number of aromatic nitrogens is 1. The normalized spacial score (nSPS) is 18.6. The molecule has 3 aliphatic rings. The summed E-state index contributed by atoms with van der Waals surface area (Å²) < 4.78 is 45.4. The SMILES string of the molecule is COc1cc(CS(C)=O)cc(OC)c1S(=O)Nc1noc2c1CC1(CC1)c1ccc(N3CCC3)cc1-2. The Morgan fingerprint density at radius 2 is 1.83 bits per heavy atom. The van der Waals surface area contributed by atoms with Crippen molar-refractivity contribution in [3.8, 4) is 22.8 Å². The molecule has 2 aliphatic carbocycles. The molecule has 1 saturated heterocycles. The third-order valence-electron chi connectivity index (χ3n) is 7.46.